The molecule has 4 aromatic rings. The summed E-state index contributed by atoms with van der Waals surface area (Å²) < 4.78 is 5.90. The van der Waals surface area contributed by atoms with E-state index in [1.54, 1.807) is 30.5 Å². The highest BCUT2D eigenvalue weighted by atomic mass is 35.5. The van der Waals surface area contributed by atoms with Crippen molar-refractivity contribution in [2.75, 3.05) is 0 Å². The van der Waals surface area contributed by atoms with Gasteiger partial charge in [0.25, 0.3) is 0 Å². The lowest BCUT2D eigenvalue weighted by Crippen LogP contribution is -2.03. The molecule has 4 rings (SSSR count). The molecule has 0 spiro atoms. The Bertz CT molecular complexity index is 1100. The molecule has 0 unspecified atom stereocenters. The highest BCUT2D eigenvalue weighted by Crippen LogP contribution is 2.27. The number of aromatic nitrogens is 1. The molecule has 0 radical (unpaired) electrons. The van der Waals surface area contributed by atoms with Crippen molar-refractivity contribution in [1.82, 2.24) is 4.98 Å². The SMILES string of the molecule is O/N=c1\cc(-c2cc3ccccc3cn2)oc2c(Cl)cccc12. The number of benzene rings is 2. The molecule has 1 N–H and O–H groups in total. The van der Waals surface area contributed by atoms with Gasteiger partial charge in [0.15, 0.2) is 11.3 Å². The average molecular weight is 323 g/mol. The number of hydrogen-bond acceptors (Lipinski definition) is 4. The van der Waals surface area contributed by atoms with Crippen LogP contribution in [0.1, 0.15) is 0 Å². The van der Waals surface area contributed by atoms with Crippen molar-refractivity contribution in [2.24, 2.45) is 5.16 Å². The fourth-order valence-electron chi connectivity index (χ4n) is 2.58. The van der Waals surface area contributed by atoms with Crippen LogP contribution in [0.2, 0.25) is 5.02 Å². The van der Waals surface area contributed by atoms with Gasteiger partial charge in [0.1, 0.15) is 11.1 Å². The minimum absolute atomic E-state index is 0.388. The van der Waals surface area contributed by atoms with E-state index in [-0.39, 0.29) is 0 Å². The Labute approximate surface area is 136 Å². The fourth-order valence-corrected chi connectivity index (χ4v) is 2.80. The maximum atomic E-state index is 9.29. The molecule has 0 saturated carbocycles. The van der Waals surface area contributed by atoms with Crippen LogP contribution in [0, 0.1) is 0 Å². The van der Waals surface area contributed by atoms with Crippen molar-refractivity contribution in [3.63, 3.8) is 0 Å². The summed E-state index contributed by atoms with van der Waals surface area (Å²) in [5, 5.41) is 16.2. The summed E-state index contributed by atoms with van der Waals surface area (Å²) in [6, 6.07) is 16.8. The molecule has 112 valence electrons. The van der Waals surface area contributed by atoms with Crippen LogP contribution in [0.15, 0.2) is 70.4 Å². The van der Waals surface area contributed by atoms with Crippen molar-refractivity contribution in [1.29, 1.82) is 0 Å². The summed E-state index contributed by atoms with van der Waals surface area (Å²) in [5.41, 5.74) is 1.12. The Morgan fingerprint density at radius 3 is 2.65 bits per heavy atom. The van der Waals surface area contributed by atoms with Crippen LogP contribution < -0.4 is 5.36 Å². The second-order valence-electron chi connectivity index (χ2n) is 5.13. The number of hydrogen-bond donors (Lipinski definition) is 1. The molecule has 0 fully saturated rings. The predicted molar refractivity (Wildman–Crippen MR) is 89.3 cm³/mol. The van der Waals surface area contributed by atoms with E-state index in [4.69, 9.17) is 16.0 Å². The largest absolute Gasteiger partial charge is 0.453 e. The summed E-state index contributed by atoms with van der Waals surface area (Å²) in [5.74, 6) is 0.490. The van der Waals surface area contributed by atoms with E-state index >= 15 is 0 Å². The average Bonchev–Trinajstić information content (AvgIpc) is 2.61. The van der Waals surface area contributed by atoms with E-state index in [9.17, 15) is 5.21 Å². The predicted octanol–water partition coefficient (Wildman–Crippen LogP) is 4.59. The molecule has 0 saturated heterocycles. The van der Waals surface area contributed by atoms with E-state index in [0.29, 0.717) is 32.8 Å². The summed E-state index contributed by atoms with van der Waals surface area (Å²) in [4.78, 5) is 4.43. The molecular weight excluding hydrogens is 312 g/mol. The number of pyridine rings is 1. The van der Waals surface area contributed by atoms with Crippen LogP contribution in [0.5, 0.6) is 0 Å². The lowest BCUT2D eigenvalue weighted by atomic mass is 10.1. The number of halogens is 1. The highest BCUT2D eigenvalue weighted by Gasteiger charge is 2.10. The molecule has 0 aliphatic carbocycles. The van der Waals surface area contributed by atoms with E-state index in [0.717, 1.165) is 10.8 Å². The Morgan fingerprint density at radius 2 is 1.83 bits per heavy atom. The third-order valence-electron chi connectivity index (χ3n) is 3.71. The summed E-state index contributed by atoms with van der Waals surface area (Å²) in [6.45, 7) is 0. The van der Waals surface area contributed by atoms with Crippen LogP contribution in [-0.2, 0) is 0 Å². The molecule has 0 atom stereocenters. The lowest BCUT2D eigenvalue weighted by molar-refractivity contribution is 0.302. The van der Waals surface area contributed by atoms with E-state index < -0.39 is 0 Å². The van der Waals surface area contributed by atoms with Gasteiger partial charge in [-0.05, 0) is 23.6 Å². The third-order valence-corrected chi connectivity index (χ3v) is 4.01. The summed E-state index contributed by atoms with van der Waals surface area (Å²) in [7, 11) is 0. The first-order chi connectivity index (χ1) is 11.3. The van der Waals surface area contributed by atoms with Crippen LogP contribution in [0.3, 0.4) is 0 Å². The first kappa shape index (κ1) is 13.8. The topological polar surface area (TPSA) is 58.6 Å². The minimum Gasteiger partial charge on any atom is -0.453 e. The summed E-state index contributed by atoms with van der Waals surface area (Å²) in [6.07, 6.45) is 1.78. The Kier molecular flexibility index (Phi) is 3.24. The van der Waals surface area contributed by atoms with Crippen LogP contribution in [-0.4, -0.2) is 10.2 Å². The Morgan fingerprint density at radius 1 is 1.00 bits per heavy atom. The van der Waals surface area contributed by atoms with Crippen molar-refractivity contribution in [2.45, 2.75) is 0 Å². The second kappa shape index (κ2) is 5.41. The van der Waals surface area contributed by atoms with Gasteiger partial charge in [-0.1, -0.05) is 47.1 Å². The van der Waals surface area contributed by atoms with Gasteiger partial charge in [0, 0.05) is 23.0 Å². The first-order valence-electron chi connectivity index (χ1n) is 7.02. The number of rotatable bonds is 1. The molecule has 2 aromatic carbocycles. The molecule has 0 bridgehead atoms. The molecule has 5 heteroatoms. The molecule has 23 heavy (non-hydrogen) atoms. The highest BCUT2D eigenvalue weighted by molar-refractivity contribution is 6.34. The number of fused-ring (bicyclic) bond motifs is 2. The molecule has 0 aliphatic rings. The molecule has 2 aromatic heterocycles. The smallest absolute Gasteiger partial charge is 0.155 e. The summed E-state index contributed by atoms with van der Waals surface area (Å²) >= 11 is 6.20. The second-order valence-corrected chi connectivity index (χ2v) is 5.54. The van der Waals surface area contributed by atoms with E-state index in [1.165, 1.54) is 0 Å². The Hall–Kier alpha value is -2.85. The molecule has 4 nitrogen and oxygen atoms in total. The van der Waals surface area contributed by atoms with Crippen molar-refractivity contribution in [3.8, 4) is 11.5 Å². The fraction of sp³-hybridized carbons (Fsp3) is 0. The van der Waals surface area contributed by atoms with Crippen molar-refractivity contribution in [3.05, 3.63) is 71.2 Å². The standard InChI is InChI=1S/C18H11ClN2O2/c19-14-7-3-6-13-15(21-22)9-17(23-18(13)14)16-8-11-4-1-2-5-12(11)10-20-16/h1-10,22H/b21-15+. The third kappa shape index (κ3) is 2.33. The van der Waals surface area contributed by atoms with Crippen molar-refractivity contribution < 1.29 is 9.62 Å². The van der Waals surface area contributed by atoms with Crippen LogP contribution in [0.25, 0.3) is 33.2 Å². The van der Waals surface area contributed by atoms with Gasteiger partial charge >= 0.3 is 0 Å². The zero-order valence-electron chi connectivity index (χ0n) is 11.9. The first-order valence-corrected chi connectivity index (χ1v) is 7.40. The molecule has 2 heterocycles. The minimum atomic E-state index is 0.388. The van der Waals surface area contributed by atoms with Gasteiger partial charge in [-0.25, -0.2) is 0 Å². The molecular formula is C18H11ClN2O2. The monoisotopic (exact) mass is 322 g/mol. The molecule has 0 amide bonds. The van der Waals surface area contributed by atoms with Crippen molar-refractivity contribution >= 4 is 33.3 Å². The maximum Gasteiger partial charge on any atom is 0.155 e. The quantitative estimate of drug-likeness (QED) is 0.412. The van der Waals surface area contributed by atoms with Gasteiger partial charge in [-0.15, -0.1) is 0 Å². The van der Waals surface area contributed by atoms with Crippen LogP contribution >= 0.6 is 11.6 Å². The Balaban J connectivity index is 2.02. The number of para-hydroxylation sites is 1. The van der Waals surface area contributed by atoms with Gasteiger partial charge in [0.2, 0.25) is 0 Å². The van der Waals surface area contributed by atoms with Gasteiger partial charge in [-0.2, -0.15) is 0 Å². The van der Waals surface area contributed by atoms with E-state index in [2.05, 4.69) is 10.1 Å². The van der Waals surface area contributed by atoms with Gasteiger partial charge in [0.05, 0.1) is 5.02 Å². The maximum absolute atomic E-state index is 9.29. The van der Waals surface area contributed by atoms with Crippen LogP contribution in [0.4, 0.5) is 0 Å². The van der Waals surface area contributed by atoms with Gasteiger partial charge in [-0.3, -0.25) is 4.98 Å². The number of nitrogens with zero attached hydrogens (tertiary/aromatic N) is 2. The normalized spacial score (nSPS) is 12.1. The zero-order chi connectivity index (χ0) is 15.8. The lowest BCUT2D eigenvalue weighted by Gasteiger charge is -2.06. The van der Waals surface area contributed by atoms with Gasteiger partial charge < -0.3 is 9.62 Å². The van der Waals surface area contributed by atoms with E-state index in [1.807, 2.05) is 30.3 Å². The zero-order valence-corrected chi connectivity index (χ0v) is 12.7. The molecule has 0 aliphatic heterocycles.